The predicted octanol–water partition coefficient (Wildman–Crippen LogP) is 3.91. The summed E-state index contributed by atoms with van der Waals surface area (Å²) in [6.07, 6.45) is -1.94. The number of aromatic nitrogens is 1. The average molecular weight is 299 g/mol. The van der Waals surface area contributed by atoms with Crippen molar-refractivity contribution in [1.82, 2.24) is 4.98 Å². The van der Waals surface area contributed by atoms with Crippen molar-refractivity contribution in [3.8, 4) is 0 Å². The molecule has 1 N–H and O–H groups in total. The number of aliphatic hydroxyl groups is 1. The van der Waals surface area contributed by atoms with Gasteiger partial charge >= 0.3 is 6.18 Å². The minimum Gasteiger partial charge on any atom is -0.388 e. The first-order valence-corrected chi connectivity index (χ1v) is 6.31. The summed E-state index contributed by atoms with van der Waals surface area (Å²) in [6, 6.07) is 6.10. The molecule has 0 saturated carbocycles. The summed E-state index contributed by atoms with van der Waals surface area (Å²) < 4.78 is 51.0. The van der Waals surface area contributed by atoms with Crippen LogP contribution in [0.2, 0.25) is 0 Å². The fourth-order valence-corrected chi connectivity index (χ4v) is 1.98. The maximum atomic E-state index is 13.2. The van der Waals surface area contributed by atoms with Crippen LogP contribution in [0, 0.1) is 5.82 Å². The van der Waals surface area contributed by atoms with Gasteiger partial charge in [-0.25, -0.2) is 4.39 Å². The van der Waals surface area contributed by atoms with Gasteiger partial charge in [-0.2, -0.15) is 13.2 Å². The van der Waals surface area contributed by atoms with Crippen molar-refractivity contribution < 1.29 is 22.7 Å². The van der Waals surface area contributed by atoms with E-state index in [4.69, 9.17) is 0 Å². The summed E-state index contributed by atoms with van der Waals surface area (Å²) in [5, 5.41) is 9.95. The molecule has 1 aromatic heterocycles. The van der Waals surface area contributed by atoms with Crippen LogP contribution >= 0.6 is 0 Å². The van der Waals surface area contributed by atoms with Gasteiger partial charge in [0.15, 0.2) is 0 Å². The Morgan fingerprint density at radius 3 is 2.57 bits per heavy atom. The zero-order chi connectivity index (χ0) is 15.5. The van der Waals surface area contributed by atoms with Crippen LogP contribution in [0.25, 0.3) is 0 Å². The first kappa shape index (κ1) is 15.4. The fourth-order valence-electron chi connectivity index (χ4n) is 1.98. The van der Waals surface area contributed by atoms with Gasteiger partial charge in [0.05, 0.1) is 11.7 Å². The molecule has 0 fully saturated rings. The summed E-state index contributed by atoms with van der Waals surface area (Å²) in [5.41, 5.74) is -0.442. The lowest BCUT2D eigenvalue weighted by atomic mass is 10.00. The number of hydrogen-bond donors (Lipinski definition) is 1. The van der Waals surface area contributed by atoms with Crippen LogP contribution in [0.1, 0.15) is 29.2 Å². The number of halogens is 4. The Labute approximate surface area is 119 Å². The first-order chi connectivity index (χ1) is 9.88. The molecule has 2 nitrogen and oxygen atoms in total. The second-order valence-corrected chi connectivity index (χ2v) is 4.65. The molecular formula is C15H13F4NO. The summed E-state index contributed by atoms with van der Waals surface area (Å²) >= 11 is 0. The molecule has 1 atom stereocenters. The van der Waals surface area contributed by atoms with E-state index in [-0.39, 0.29) is 12.0 Å². The van der Waals surface area contributed by atoms with E-state index in [0.29, 0.717) is 12.5 Å². The van der Waals surface area contributed by atoms with E-state index in [2.05, 4.69) is 4.98 Å². The van der Waals surface area contributed by atoms with E-state index in [9.17, 15) is 22.7 Å². The SMILES string of the molecule is OC(CCc1cccnc1)c1ccc(F)c(C(F)(F)F)c1. The third-order valence-electron chi connectivity index (χ3n) is 3.11. The Bertz CT molecular complexity index is 598. The van der Waals surface area contributed by atoms with Gasteiger partial charge in [0.25, 0.3) is 0 Å². The highest BCUT2D eigenvalue weighted by molar-refractivity contribution is 5.29. The van der Waals surface area contributed by atoms with Crippen LogP contribution < -0.4 is 0 Å². The summed E-state index contributed by atoms with van der Waals surface area (Å²) in [7, 11) is 0. The molecule has 0 bridgehead atoms. The predicted molar refractivity (Wildman–Crippen MR) is 68.9 cm³/mol. The molecule has 6 heteroatoms. The molecule has 1 aromatic carbocycles. The highest BCUT2D eigenvalue weighted by Crippen LogP contribution is 2.33. The van der Waals surface area contributed by atoms with Crippen LogP contribution in [0.5, 0.6) is 0 Å². The van der Waals surface area contributed by atoms with Gasteiger partial charge in [-0.15, -0.1) is 0 Å². The van der Waals surface area contributed by atoms with Crippen molar-refractivity contribution in [2.24, 2.45) is 0 Å². The number of hydrogen-bond acceptors (Lipinski definition) is 2. The van der Waals surface area contributed by atoms with Gasteiger partial charge in [-0.05, 0) is 42.2 Å². The van der Waals surface area contributed by atoms with Crippen molar-refractivity contribution in [3.63, 3.8) is 0 Å². The Kier molecular flexibility index (Phi) is 4.57. The van der Waals surface area contributed by atoms with Crippen LogP contribution in [0.4, 0.5) is 17.6 Å². The van der Waals surface area contributed by atoms with E-state index in [1.807, 2.05) is 6.07 Å². The van der Waals surface area contributed by atoms with Gasteiger partial charge < -0.3 is 5.11 Å². The number of aliphatic hydroxyl groups excluding tert-OH is 1. The van der Waals surface area contributed by atoms with Gasteiger partial charge in [0.1, 0.15) is 5.82 Å². The lowest BCUT2D eigenvalue weighted by molar-refractivity contribution is -0.140. The van der Waals surface area contributed by atoms with Crippen molar-refractivity contribution >= 4 is 0 Å². The summed E-state index contributed by atoms with van der Waals surface area (Å²) in [5.74, 6) is -1.34. The van der Waals surface area contributed by atoms with E-state index in [0.717, 1.165) is 11.6 Å². The minimum absolute atomic E-state index is 0.0487. The Balaban J connectivity index is 2.11. The molecule has 21 heavy (non-hydrogen) atoms. The second kappa shape index (κ2) is 6.22. The molecule has 0 aliphatic rings. The number of alkyl halides is 3. The van der Waals surface area contributed by atoms with E-state index < -0.39 is 23.7 Å². The van der Waals surface area contributed by atoms with Crippen LogP contribution in [-0.2, 0) is 12.6 Å². The first-order valence-electron chi connectivity index (χ1n) is 6.31. The van der Waals surface area contributed by atoms with Gasteiger partial charge in [0, 0.05) is 12.4 Å². The number of pyridine rings is 1. The largest absolute Gasteiger partial charge is 0.419 e. The molecule has 0 aliphatic heterocycles. The third kappa shape index (κ3) is 4.01. The van der Waals surface area contributed by atoms with E-state index >= 15 is 0 Å². The number of nitrogens with zero attached hydrogens (tertiary/aromatic N) is 1. The molecule has 0 radical (unpaired) electrons. The molecule has 2 rings (SSSR count). The molecule has 2 aromatic rings. The zero-order valence-corrected chi connectivity index (χ0v) is 10.9. The van der Waals surface area contributed by atoms with Crippen LogP contribution in [-0.4, -0.2) is 10.1 Å². The van der Waals surface area contributed by atoms with Crippen molar-refractivity contribution in [2.75, 3.05) is 0 Å². The lowest BCUT2D eigenvalue weighted by Crippen LogP contribution is -2.10. The van der Waals surface area contributed by atoms with E-state index in [1.165, 1.54) is 6.07 Å². The Morgan fingerprint density at radius 1 is 1.19 bits per heavy atom. The fraction of sp³-hybridized carbons (Fsp3) is 0.267. The molecule has 0 spiro atoms. The van der Waals surface area contributed by atoms with Gasteiger partial charge in [0.2, 0.25) is 0 Å². The maximum Gasteiger partial charge on any atom is 0.419 e. The maximum absolute atomic E-state index is 13.2. The van der Waals surface area contributed by atoms with Crippen LogP contribution in [0.15, 0.2) is 42.7 Å². The molecule has 1 heterocycles. The summed E-state index contributed by atoms with van der Waals surface area (Å²) in [6.45, 7) is 0. The van der Waals surface area contributed by atoms with Crippen molar-refractivity contribution in [3.05, 3.63) is 65.2 Å². The molecule has 0 amide bonds. The molecule has 0 aliphatic carbocycles. The highest BCUT2D eigenvalue weighted by atomic mass is 19.4. The quantitative estimate of drug-likeness (QED) is 0.868. The zero-order valence-electron chi connectivity index (χ0n) is 10.9. The Hall–Kier alpha value is -1.95. The van der Waals surface area contributed by atoms with Crippen molar-refractivity contribution in [1.29, 1.82) is 0 Å². The molecular weight excluding hydrogens is 286 g/mol. The monoisotopic (exact) mass is 299 g/mol. The topological polar surface area (TPSA) is 33.1 Å². The lowest BCUT2D eigenvalue weighted by Gasteiger charge is -2.14. The number of aryl methyl sites for hydroxylation is 1. The van der Waals surface area contributed by atoms with Gasteiger partial charge in [-0.1, -0.05) is 12.1 Å². The Morgan fingerprint density at radius 2 is 1.95 bits per heavy atom. The standard InChI is InChI=1S/C15H13F4NO/c16-13-5-4-11(8-12(13)15(17,18)19)14(21)6-3-10-2-1-7-20-9-10/h1-2,4-5,7-9,14,21H,3,6H2. The van der Waals surface area contributed by atoms with Crippen LogP contribution in [0.3, 0.4) is 0 Å². The van der Waals surface area contributed by atoms with Crippen molar-refractivity contribution in [2.45, 2.75) is 25.1 Å². The summed E-state index contributed by atoms with van der Waals surface area (Å²) in [4.78, 5) is 3.91. The molecule has 1 unspecified atom stereocenters. The van der Waals surface area contributed by atoms with E-state index in [1.54, 1.807) is 18.5 Å². The minimum atomic E-state index is -4.77. The molecule has 0 saturated heterocycles. The number of rotatable bonds is 4. The highest BCUT2D eigenvalue weighted by Gasteiger charge is 2.34. The normalized spacial score (nSPS) is 13.2. The average Bonchev–Trinajstić information content (AvgIpc) is 2.45. The number of benzene rings is 1. The third-order valence-corrected chi connectivity index (χ3v) is 3.11. The smallest absolute Gasteiger partial charge is 0.388 e. The second-order valence-electron chi connectivity index (χ2n) is 4.65. The van der Waals surface area contributed by atoms with Gasteiger partial charge in [-0.3, -0.25) is 4.98 Å². The molecule has 112 valence electrons.